The number of amides is 2. The lowest BCUT2D eigenvalue weighted by Crippen LogP contribution is -2.39. The molecule has 1 atom stereocenters. The highest BCUT2D eigenvalue weighted by molar-refractivity contribution is 6.35. The van der Waals surface area contributed by atoms with Gasteiger partial charge in [0, 0.05) is 38.9 Å². The van der Waals surface area contributed by atoms with Gasteiger partial charge in [0.2, 0.25) is 0 Å². The molecule has 0 aliphatic carbocycles. The van der Waals surface area contributed by atoms with Crippen molar-refractivity contribution >= 4 is 23.1 Å². The van der Waals surface area contributed by atoms with E-state index in [1.807, 2.05) is 4.90 Å². The Balaban J connectivity index is 2.04. The predicted molar refractivity (Wildman–Crippen MR) is 89.2 cm³/mol. The number of nitro groups is 1. The molecular weight excluding hydrogens is 326 g/mol. The molecule has 3 rings (SSSR count). The van der Waals surface area contributed by atoms with Crippen LogP contribution < -0.4 is 0 Å². The van der Waals surface area contributed by atoms with Gasteiger partial charge in [-0.1, -0.05) is 0 Å². The maximum atomic E-state index is 12.6. The van der Waals surface area contributed by atoms with Crippen LogP contribution in [0.3, 0.4) is 0 Å². The number of hydrogen-bond acceptors (Lipinski definition) is 6. The van der Waals surface area contributed by atoms with E-state index in [1.165, 1.54) is 31.3 Å². The van der Waals surface area contributed by atoms with Crippen molar-refractivity contribution in [1.29, 1.82) is 0 Å². The van der Waals surface area contributed by atoms with Crippen molar-refractivity contribution in [2.75, 3.05) is 26.7 Å². The standard InChI is InChI=1S/C17H19N3O5/c1-18-16(22)14(12-4-6-13(7-5-12)20(24)25)15(17(18)23)19-8-2-3-11(9-19)10-21/h4-7,11,21H,2-3,8-10H2,1H3. The second-order valence-corrected chi connectivity index (χ2v) is 6.33. The van der Waals surface area contributed by atoms with Crippen LogP contribution in [0.5, 0.6) is 0 Å². The van der Waals surface area contributed by atoms with Crippen molar-refractivity contribution in [2.24, 2.45) is 5.92 Å². The number of imide groups is 1. The van der Waals surface area contributed by atoms with E-state index in [0.29, 0.717) is 24.4 Å². The van der Waals surface area contributed by atoms with Gasteiger partial charge in [-0.3, -0.25) is 24.6 Å². The van der Waals surface area contributed by atoms with E-state index in [2.05, 4.69) is 0 Å². The van der Waals surface area contributed by atoms with Gasteiger partial charge in [0.1, 0.15) is 5.70 Å². The molecule has 0 bridgehead atoms. The summed E-state index contributed by atoms with van der Waals surface area (Å²) in [6.45, 7) is 1.18. The molecule has 1 fully saturated rings. The third kappa shape index (κ3) is 3.00. The van der Waals surface area contributed by atoms with Crippen molar-refractivity contribution in [3.8, 4) is 0 Å². The van der Waals surface area contributed by atoms with Gasteiger partial charge in [0.25, 0.3) is 17.5 Å². The maximum Gasteiger partial charge on any atom is 0.277 e. The van der Waals surface area contributed by atoms with Crippen molar-refractivity contribution in [3.05, 3.63) is 45.6 Å². The topological polar surface area (TPSA) is 104 Å². The Labute approximate surface area is 144 Å². The smallest absolute Gasteiger partial charge is 0.277 e. The minimum absolute atomic E-state index is 0.0363. The first-order chi connectivity index (χ1) is 11.9. The lowest BCUT2D eigenvalue weighted by Gasteiger charge is -2.34. The van der Waals surface area contributed by atoms with Gasteiger partial charge < -0.3 is 10.0 Å². The van der Waals surface area contributed by atoms with Crippen LogP contribution in [0.25, 0.3) is 5.57 Å². The Morgan fingerprint density at radius 1 is 1.24 bits per heavy atom. The number of aliphatic hydroxyl groups is 1. The van der Waals surface area contributed by atoms with E-state index < -0.39 is 10.8 Å². The molecule has 8 nitrogen and oxygen atoms in total. The number of non-ortho nitro benzene ring substituents is 1. The quantitative estimate of drug-likeness (QED) is 0.496. The van der Waals surface area contributed by atoms with Crippen LogP contribution in [0.1, 0.15) is 18.4 Å². The van der Waals surface area contributed by atoms with E-state index in [4.69, 9.17) is 0 Å². The van der Waals surface area contributed by atoms with Gasteiger partial charge in [-0.25, -0.2) is 0 Å². The largest absolute Gasteiger partial charge is 0.396 e. The molecule has 0 aromatic heterocycles. The molecule has 1 unspecified atom stereocenters. The highest BCUT2D eigenvalue weighted by atomic mass is 16.6. The molecule has 1 saturated heterocycles. The minimum Gasteiger partial charge on any atom is -0.396 e. The Hall–Kier alpha value is -2.74. The van der Waals surface area contributed by atoms with Gasteiger partial charge in [-0.2, -0.15) is 0 Å². The summed E-state index contributed by atoms with van der Waals surface area (Å²) in [6.07, 6.45) is 1.71. The monoisotopic (exact) mass is 345 g/mol. The highest BCUT2D eigenvalue weighted by Gasteiger charge is 2.40. The van der Waals surface area contributed by atoms with Gasteiger partial charge in [0.15, 0.2) is 0 Å². The second kappa shape index (κ2) is 6.64. The molecule has 132 valence electrons. The first-order valence-electron chi connectivity index (χ1n) is 8.11. The molecule has 1 aromatic rings. The molecule has 25 heavy (non-hydrogen) atoms. The van der Waals surface area contributed by atoms with Crippen molar-refractivity contribution in [1.82, 2.24) is 9.80 Å². The van der Waals surface area contributed by atoms with E-state index in [-0.39, 0.29) is 29.7 Å². The van der Waals surface area contributed by atoms with Gasteiger partial charge in [-0.05, 0) is 36.5 Å². The lowest BCUT2D eigenvalue weighted by molar-refractivity contribution is -0.384. The average molecular weight is 345 g/mol. The number of piperidine rings is 1. The second-order valence-electron chi connectivity index (χ2n) is 6.33. The normalized spacial score (nSPS) is 21.3. The fraction of sp³-hybridized carbons (Fsp3) is 0.412. The number of nitro benzene ring substituents is 1. The van der Waals surface area contributed by atoms with Crippen molar-refractivity contribution in [3.63, 3.8) is 0 Å². The third-order valence-electron chi connectivity index (χ3n) is 4.72. The number of hydrogen-bond donors (Lipinski definition) is 1. The summed E-state index contributed by atoms with van der Waals surface area (Å²) in [5.41, 5.74) is 0.990. The summed E-state index contributed by atoms with van der Waals surface area (Å²) in [5, 5.41) is 20.2. The maximum absolute atomic E-state index is 12.6. The predicted octanol–water partition coefficient (Wildman–Crippen LogP) is 1.01. The number of rotatable bonds is 4. The molecule has 2 aliphatic heterocycles. The summed E-state index contributed by atoms with van der Waals surface area (Å²) in [4.78, 5) is 38.4. The Morgan fingerprint density at radius 2 is 1.92 bits per heavy atom. The van der Waals surface area contributed by atoms with Crippen LogP contribution in [-0.2, 0) is 9.59 Å². The van der Waals surface area contributed by atoms with Crippen molar-refractivity contribution < 1.29 is 19.6 Å². The molecule has 2 amide bonds. The zero-order valence-corrected chi connectivity index (χ0v) is 13.8. The zero-order chi connectivity index (χ0) is 18.1. The summed E-state index contributed by atoms with van der Waals surface area (Å²) < 4.78 is 0. The molecule has 2 heterocycles. The van der Waals surface area contributed by atoms with E-state index in [0.717, 1.165) is 17.7 Å². The molecule has 0 spiro atoms. The van der Waals surface area contributed by atoms with E-state index in [1.54, 1.807) is 0 Å². The Kier molecular flexibility index (Phi) is 4.54. The average Bonchev–Trinajstić information content (AvgIpc) is 2.86. The molecule has 2 aliphatic rings. The minimum atomic E-state index is -0.511. The van der Waals surface area contributed by atoms with Crippen molar-refractivity contribution in [2.45, 2.75) is 12.8 Å². The third-order valence-corrected chi connectivity index (χ3v) is 4.72. The number of carbonyl (C=O) groups is 2. The molecular formula is C17H19N3O5. The molecule has 1 N–H and O–H groups in total. The van der Waals surface area contributed by atoms with Crippen LogP contribution in [0.2, 0.25) is 0 Å². The van der Waals surface area contributed by atoms with Gasteiger partial charge in [0.05, 0.1) is 10.5 Å². The molecule has 1 aromatic carbocycles. The van der Waals surface area contributed by atoms with Gasteiger partial charge >= 0.3 is 0 Å². The van der Waals surface area contributed by atoms with Crippen LogP contribution in [0, 0.1) is 16.0 Å². The number of benzene rings is 1. The first-order valence-corrected chi connectivity index (χ1v) is 8.11. The molecule has 0 radical (unpaired) electrons. The number of likely N-dealkylation sites (N-methyl/N-ethyl adjacent to an activating group) is 1. The summed E-state index contributed by atoms with van der Waals surface area (Å²) in [5.74, 6) is -0.731. The fourth-order valence-electron chi connectivity index (χ4n) is 3.35. The van der Waals surface area contributed by atoms with Crippen LogP contribution in [0.4, 0.5) is 5.69 Å². The fourth-order valence-corrected chi connectivity index (χ4v) is 3.35. The lowest BCUT2D eigenvalue weighted by atomic mass is 9.97. The molecule has 8 heteroatoms. The molecule has 0 saturated carbocycles. The van der Waals surface area contributed by atoms with Crippen LogP contribution in [0.15, 0.2) is 30.0 Å². The summed E-state index contributed by atoms with van der Waals surface area (Å²) >= 11 is 0. The Morgan fingerprint density at radius 3 is 2.52 bits per heavy atom. The highest BCUT2D eigenvalue weighted by Crippen LogP contribution is 2.33. The number of likely N-dealkylation sites (tertiary alicyclic amines) is 1. The zero-order valence-electron chi connectivity index (χ0n) is 13.8. The number of nitrogens with zero attached hydrogens (tertiary/aromatic N) is 3. The number of aliphatic hydroxyl groups excluding tert-OH is 1. The summed E-state index contributed by atoms with van der Waals surface area (Å²) in [7, 11) is 1.43. The van der Waals surface area contributed by atoms with E-state index in [9.17, 15) is 24.8 Å². The first kappa shape index (κ1) is 17.1. The number of carbonyl (C=O) groups excluding carboxylic acids is 2. The van der Waals surface area contributed by atoms with Crippen LogP contribution in [-0.4, -0.2) is 58.4 Å². The Bertz CT molecular complexity index is 756. The van der Waals surface area contributed by atoms with E-state index >= 15 is 0 Å². The SMILES string of the molecule is CN1C(=O)C(c2ccc([N+](=O)[O-])cc2)=C(N2CCCC(CO)C2)C1=O. The van der Waals surface area contributed by atoms with Gasteiger partial charge in [-0.15, -0.1) is 0 Å². The van der Waals surface area contributed by atoms with Crippen LogP contribution >= 0.6 is 0 Å². The summed E-state index contributed by atoms with van der Waals surface area (Å²) in [6, 6.07) is 5.63.